The highest BCUT2D eigenvalue weighted by Crippen LogP contribution is 2.25. The van der Waals surface area contributed by atoms with Gasteiger partial charge in [0.25, 0.3) is 0 Å². The number of pyridine rings is 1. The number of nitrogens with zero attached hydrogens (tertiary/aromatic N) is 2. The summed E-state index contributed by atoms with van der Waals surface area (Å²) < 4.78 is 4.45. The number of ether oxygens (including phenoxy) is 1. The van der Waals surface area contributed by atoms with Crippen molar-refractivity contribution in [1.82, 2.24) is 15.2 Å². The molecule has 0 bridgehead atoms. The van der Waals surface area contributed by atoms with Crippen molar-refractivity contribution in [3.05, 3.63) is 42.6 Å². The third kappa shape index (κ3) is 7.61. The topological polar surface area (TPSA) is 114 Å². The van der Waals surface area contributed by atoms with E-state index in [-0.39, 0.29) is 5.91 Å². The Balaban J connectivity index is 0.000000282. The Morgan fingerprint density at radius 1 is 0.938 bits per heavy atom. The molecule has 2 heterocycles. The van der Waals surface area contributed by atoms with Crippen molar-refractivity contribution in [1.29, 1.82) is 0 Å². The Kier molecular flexibility index (Phi) is 10.0. The molecular weight excluding hydrogens is 408 g/mol. The Hall–Kier alpha value is -3.55. The quantitative estimate of drug-likeness (QED) is 0.377. The van der Waals surface area contributed by atoms with E-state index in [9.17, 15) is 14.4 Å². The van der Waals surface area contributed by atoms with Gasteiger partial charge in [0, 0.05) is 30.2 Å². The largest absolute Gasteiger partial charge is 0.393 e. The highest BCUT2D eigenvalue weighted by atomic mass is 16.6. The van der Waals surface area contributed by atoms with E-state index in [1.807, 2.05) is 57.2 Å². The molecule has 0 spiro atoms. The van der Waals surface area contributed by atoms with Crippen molar-refractivity contribution in [2.45, 2.75) is 59.3 Å². The van der Waals surface area contributed by atoms with Gasteiger partial charge in [0.05, 0.1) is 17.4 Å². The number of aromatic nitrogens is 3. The van der Waals surface area contributed by atoms with Crippen molar-refractivity contribution >= 4 is 34.6 Å². The standard InChI is InChI=1S/C16H16N4O.C8H14O3/c1-2-6-15(21)18-16-12-9-13(11-7-4-3-5-8-11)17-10-14(12)19-20-16;1-3-5-7(9)11-8(10)6-4-2/h3-5,7-10H,2,6H2,1H3,(H2,18,19,20,21);3-6H2,1-2H3. The molecule has 2 N–H and O–H groups in total. The van der Waals surface area contributed by atoms with E-state index in [4.69, 9.17) is 0 Å². The zero-order chi connectivity index (χ0) is 23.3. The summed E-state index contributed by atoms with van der Waals surface area (Å²) in [4.78, 5) is 37.5. The van der Waals surface area contributed by atoms with E-state index in [1.54, 1.807) is 6.20 Å². The van der Waals surface area contributed by atoms with Crippen LogP contribution >= 0.6 is 0 Å². The molecule has 0 saturated heterocycles. The number of anilines is 1. The van der Waals surface area contributed by atoms with Crippen molar-refractivity contribution in [3.8, 4) is 11.3 Å². The number of fused-ring (bicyclic) bond motifs is 1. The Labute approximate surface area is 187 Å². The first-order chi connectivity index (χ1) is 15.5. The molecule has 0 fully saturated rings. The van der Waals surface area contributed by atoms with Gasteiger partial charge in [0.15, 0.2) is 5.82 Å². The number of hydrogen-bond acceptors (Lipinski definition) is 6. The number of aromatic amines is 1. The second-order valence-electron chi connectivity index (χ2n) is 7.20. The average Bonchev–Trinajstić information content (AvgIpc) is 3.17. The van der Waals surface area contributed by atoms with Gasteiger partial charge < -0.3 is 10.1 Å². The Bertz CT molecular complexity index is 1010. The van der Waals surface area contributed by atoms with Gasteiger partial charge in [-0.25, -0.2) is 0 Å². The molecule has 0 atom stereocenters. The first kappa shape index (κ1) is 24.7. The fourth-order valence-electron chi connectivity index (χ4n) is 2.84. The molecule has 0 aliphatic carbocycles. The molecule has 0 aliphatic heterocycles. The van der Waals surface area contributed by atoms with Gasteiger partial charge in [-0.3, -0.25) is 24.5 Å². The minimum absolute atomic E-state index is 0.0241. The number of carbonyl (C=O) groups excluding carboxylic acids is 3. The van der Waals surface area contributed by atoms with Crippen LogP contribution in [0, 0.1) is 0 Å². The molecule has 0 saturated carbocycles. The van der Waals surface area contributed by atoms with Crippen LogP contribution in [-0.4, -0.2) is 33.0 Å². The van der Waals surface area contributed by atoms with Gasteiger partial charge in [-0.2, -0.15) is 5.10 Å². The molecule has 32 heavy (non-hydrogen) atoms. The Morgan fingerprint density at radius 2 is 1.56 bits per heavy atom. The second-order valence-corrected chi connectivity index (χ2v) is 7.20. The van der Waals surface area contributed by atoms with E-state index in [0.29, 0.717) is 25.1 Å². The summed E-state index contributed by atoms with van der Waals surface area (Å²) in [6.07, 6.45) is 5.14. The molecule has 0 aliphatic rings. The lowest BCUT2D eigenvalue weighted by atomic mass is 10.1. The van der Waals surface area contributed by atoms with E-state index in [1.165, 1.54) is 0 Å². The number of rotatable bonds is 8. The summed E-state index contributed by atoms with van der Waals surface area (Å²) in [5, 5.41) is 10.7. The summed E-state index contributed by atoms with van der Waals surface area (Å²) in [6.45, 7) is 5.71. The number of hydrogen-bond donors (Lipinski definition) is 2. The van der Waals surface area contributed by atoms with E-state index >= 15 is 0 Å². The molecule has 2 aromatic heterocycles. The summed E-state index contributed by atoms with van der Waals surface area (Å²) in [6, 6.07) is 11.9. The van der Waals surface area contributed by atoms with Gasteiger partial charge in [-0.15, -0.1) is 0 Å². The van der Waals surface area contributed by atoms with Gasteiger partial charge >= 0.3 is 11.9 Å². The van der Waals surface area contributed by atoms with Crippen LogP contribution in [0.25, 0.3) is 22.2 Å². The fraction of sp³-hybridized carbons (Fsp3) is 0.375. The predicted molar refractivity (Wildman–Crippen MR) is 124 cm³/mol. The lowest BCUT2D eigenvalue weighted by molar-refractivity contribution is -0.159. The molecule has 8 nitrogen and oxygen atoms in total. The highest BCUT2D eigenvalue weighted by Gasteiger charge is 2.11. The number of benzene rings is 1. The fourth-order valence-corrected chi connectivity index (χ4v) is 2.84. The maximum atomic E-state index is 11.7. The van der Waals surface area contributed by atoms with Crippen LogP contribution in [0.4, 0.5) is 5.82 Å². The highest BCUT2D eigenvalue weighted by molar-refractivity contribution is 6.00. The van der Waals surface area contributed by atoms with Crippen LogP contribution in [0.15, 0.2) is 42.6 Å². The van der Waals surface area contributed by atoms with E-state index < -0.39 is 11.9 Å². The van der Waals surface area contributed by atoms with Crippen LogP contribution in [-0.2, 0) is 19.1 Å². The summed E-state index contributed by atoms with van der Waals surface area (Å²) >= 11 is 0. The van der Waals surface area contributed by atoms with Gasteiger partial charge in [0.2, 0.25) is 5.91 Å². The number of amides is 1. The van der Waals surface area contributed by atoms with Crippen LogP contribution in [0.1, 0.15) is 59.3 Å². The number of esters is 2. The summed E-state index contributed by atoms with van der Waals surface area (Å²) in [5.74, 6) is -0.288. The van der Waals surface area contributed by atoms with Gasteiger partial charge in [-0.1, -0.05) is 51.1 Å². The lowest BCUT2D eigenvalue weighted by Gasteiger charge is -2.03. The number of H-pyrrole nitrogens is 1. The second kappa shape index (κ2) is 13.0. The molecule has 170 valence electrons. The van der Waals surface area contributed by atoms with Crippen molar-refractivity contribution in [2.75, 3.05) is 5.32 Å². The van der Waals surface area contributed by atoms with Crippen molar-refractivity contribution in [3.63, 3.8) is 0 Å². The molecule has 3 aromatic rings. The van der Waals surface area contributed by atoms with Crippen LogP contribution in [0.3, 0.4) is 0 Å². The van der Waals surface area contributed by atoms with Gasteiger partial charge in [-0.05, 0) is 25.3 Å². The Morgan fingerprint density at radius 3 is 2.16 bits per heavy atom. The van der Waals surface area contributed by atoms with Crippen LogP contribution < -0.4 is 5.32 Å². The van der Waals surface area contributed by atoms with Crippen LogP contribution in [0.2, 0.25) is 0 Å². The normalized spacial score (nSPS) is 10.2. The summed E-state index contributed by atoms with van der Waals surface area (Å²) in [5.41, 5.74) is 2.70. The smallest absolute Gasteiger partial charge is 0.313 e. The first-order valence-corrected chi connectivity index (χ1v) is 10.9. The zero-order valence-corrected chi connectivity index (χ0v) is 18.8. The van der Waals surface area contributed by atoms with Crippen LogP contribution in [0.5, 0.6) is 0 Å². The SMILES string of the molecule is CCCC(=O)Nc1n[nH]c2cnc(-c3ccccc3)cc12.CCCC(=O)OC(=O)CCC. The van der Waals surface area contributed by atoms with E-state index in [2.05, 4.69) is 25.2 Å². The molecule has 3 rings (SSSR count). The third-order valence-corrected chi connectivity index (χ3v) is 4.39. The third-order valence-electron chi connectivity index (χ3n) is 4.39. The molecule has 0 unspecified atom stereocenters. The first-order valence-electron chi connectivity index (χ1n) is 10.9. The molecule has 1 amide bonds. The molecule has 0 radical (unpaired) electrons. The number of nitrogens with one attached hydrogen (secondary N) is 2. The average molecular weight is 439 g/mol. The van der Waals surface area contributed by atoms with Crippen molar-refractivity contribution in [2.24, 2.45) is 0 Å². The monoisotopic (exact) mass is 438 g/mol. The molecular formula is C24H30N4O4. The van der Waals surface area contributed by atoms with E-state index in [0.717, 1.165) is 41.4 Å². The predicted octanol–water partition coefficient (Wildman–Crippen LogP) is 5.02. The maximum absolute atomic E-state index is 11.7. The molecule has 1 aromatic carbocycles. The minimum Gasteiger partial charge on any atom is -0.393 e. The zero-order valence-electron chi connectivity index (χ0n) is 18.8. The summed E-state index contributed by atoms with van der Waals surface area (Å²) in [7, 11) is 0. The minimum atomic E-state index is -0.411. The van der Waals surface area contributed by atoms with Crippen molar-refractivity contribution < 1.29 is 19.1 Å². The molecule has 8 heteroatoms. The van der Waals surface area contributed by atoms with Gasteiger partial charge in [0.1, 0.15) is 0 Å². The maximum Gasteiger partial charge on any atom is 0.313 e. The number of carbonyl (C=O) groups is 3. The lowest BCUT2D eigenvalue weighted by Crippen LogP contribution is -2.11.